The number of hydrogen-bond acceptors (Lipinski definition) is 3. The molecule has 22 heavy (non-hydrogen) atoms. The molecule has 0 aliphatic rings. The lowest BCUT2D eigenvalue weighted by Crippen LogP contribution is -1.96. The molecule has 116 valence electrons. The molecule has 0 atom stereocenters. The number of hydrogen-bond donors (Lipinski definition) is 0. The van der Waals surface area contributed by atoms with E-state index in [1.54, 1.807) is 0 Å². The van der Waals surface area contributed by atoms with E-state index in [0.29, 0.717) is 6.61 Å². The van der Waals surface area contributed by atoms with Crippen LogP contribution in [0.15, 0.2) is 53.5 Å². The third kappa shape index (κ3) is 4.92. The molecule has 0 aliphatic heterocycles. The van der Waals surface area contributed by atoms with Crippen LogP contribution in [0.4, 0.5) is 5.69 Å². The summed E-state index contributed by atoms with van der Waals surface area (Å²) >= 11 is 0. The Balaban J connectivity index is 2.01. The van der Waals surface area contributed by atoms with Gasteiger partial charge in [-0.25, -0.2) is 0 Å². The second-order valence-corrected chi connectivity index (χ2v) is 4.92. The highest BCUT2D eigenvalue weighted by Gasteiger charge is 1.99. The lowest BCUT2D eigenvalue weighted by molar-refractivity contribution is 0.309. The number of ether oxygens (including phenoxy) is 2. The molecule has 0 aromatic heterocycles. The summed E-state index contributed by atoms with van der Waals surface area (Å²) < 4.78 is 11.2. The predicted octanol–water partition coefficient (Wildman–Crippen LogP) is 5.01. The van der Waals surface area contributed by atoms with Crippen LogP contribution in [0.1, 0.15) is 32.3 Å². The highest BCUT2D eigenvalue weighted by atomic mass is 16.5. The van der Waals surface area contributed by atoms with Gasteiger partial charge in [-0.1, -0.05) is 25.5 Å². The molecular formula is C19H23NO2. The number of aliphatic imine (C=N–C) groups is 1. The lowest BCUT2D eigenvalue weighted by atomic mass is 10.2. The topological polar surface area (TPSA) is 30.8 Å². The number of rotatable bonds is 8. The minimum Gasteiger partial charge on any atom is -0.494 e. The average Bonchev–Trinajstić information content (AvgIpc) is 2.56. The quantitative estimate of drug-likeness (QED) is 0.506. The lowest BCUT2D eigenvalue weighted by Gasteiger charge is -2.06. The molecule has 0 saturated heterocycles. The fraction of sp³-hybridized carbons (Fsp3) is 0.316. The largest absolute Gasteiger partial charge is 0.494 e. The molecule has 0 bridgehead atoms. The van der Waals surface area contributed by atoms with Crippen molar-refractivity contribution in [3.63, 3.8) is 0 Å². The molecule has 0 fully saturated rings. The van der Waals surface area contributed by atoms with Gasteiger partial charge in [0.25, 0.3) is 0 Å². The van der Waals surface area contributed by atoms with Crippen molar-refractivity contribution >= 4 is 11.9 Å². The average molecular weight is 297 g/mol. The van der Waals surface area contributed by atoms with Crippen molar-refractivity contribution in [2.45, 2.75) is 26.7 Å². The second-order valence-electron chi connectivity index (χ2n) is 4.92. The van der Waals surface area contributed by atoms with Gasteiger partial charge in [-0.3, -0.25) is 4.99 Å². The van der Waals surface area contributed by atoms with Crippen LogP contribution in [0.3, 0.4) is 0 Å². The van der Waals surface area contributed by atoms with Crippen molar-refractivity contribution in [1.82, 2.24) is 0 Å². The van der Waals surface area contributed by atoms with Gasteiger partial charge < -0.3 is 9.47 Å². The predicted molar refractivity (Wildman–Crippen MR) is 91.7 cm³/mol. The summed E-state index contributed by atoms with van der Waals surface area (Å²) in [5, 5.41) is 0. The minimum absolute atomic E-state index is 0.647. The fourth-order valence-electron chi connectivity index (χ4n) is 1.98. The molecule has 2 aromatic carbocycles. The van der Waals surface area contributed by atoms with E-state index in [1.807, 2.05) is 61.7 Å². The Morgan fingerprint density at radius 2 is 1.73 bits per heavy atom. The van der Waals surface area contributed by atoms with Gasteiger partial charge >= 0.3 is 0 Å². The summed E-state index contributed by atoms with van der Waals surface area (Å²) in [6.45, 7) is 5.54. The van der Waals surface area contributed by atoms with E-state index in [2.05, 4.69) is 11.9 Å². The van der Waals surface area contributed by atoms with E-state index in [4.69, 9.17) is 9.47 Å². The Morgan fingerprint density at radius 3 is 2.45 bits per heavy atom. The highest BCUT2D eigenvalue weighted by molar-refractivity contribution is 5.85. The van der Waals surface area contributed by atoms with E-state index in [0.717, 1.165) is 42.2 Å². The number of nitrogens with zero attached hydrogens (tertiary/aromatic N) is 1. The summed E-state index contributed by atoms with van der Waals surface area (Å²) in [5.74, 6) is 1.75. The molecule has 2 aromatic rings. The Bertz CT molecular complexity index is 591. The first kappa shape index (κ1) is 16.1. The Labute approximate surface area is 132 Å². The molecule has 0 unspecified atom stereocenters. The molecule has 0 aliphatic carbocycles. The van der Waals surface area contributed by atoms with Crippen LogP contribution >= 0.6 is 0 Å². The van der Waals surface area contributed by atoms with Gasteiger partial charge in [0.05, 0.1) is 18.9 Å². The van der Waals surface area contributed by atoms with Gasteiger partial charge in [-0.2, -0.15) is 0 Å². The van der Waals surface area contributed by atoms with Crippen molar-refractivity contribution in [2.24, 2.45) is 4.99 Å². The Morgan fingerprint density at radius 1 is 0.955 bits per heavy atom. The maximum atomic E-state index is 5.64. The standard InChI is InChI=1S/C19H23NO2/c1-3-5-14-22-18-12-10-17(11-13-18)20-15-16-8-6-7-9-19(16)21-4-2/h6-13,15H,3-5,14H2,1-2H3. The molecule has 0 heterocycles. The van der Waals surface area contributed by atoms with Crippen LogP contribution in [0.25, 0.3) is 0 Å². The smallest absolute Gasteiger partial charge is 0.128 e. The van der Waals surface area contributed by atoms with Gasteiger partial charge in [0, 0.05) is 11.8 Å². The Kier molecular flexibility index (Phi) is 6.49. The van der Waals surface area contributed by atoms with Crippen molar-refractivity contribution in [1.29, 1.82) is 0 Å². The first-order valence-electron chi connectivity index (χ1n) is 7.82. The minimum atomic E-state index is 0.647. The molecule has 2 rings (SSSR count). The molecular weight excluding hydrogens is 274 g/mol. The van der Waals surface area contributed by atoms with Crippen LogP contribution in [0, 0.1) is 0 Å². The van der Waals surface area contributed by atoms with Gasteiger partial charge in [0.2, 0.25) is 0 Å². The van der Waals surface area contributed by atoms with Crippen LogP contribution in [-0.2, 0) is 0 Å². The zero-order valence-electron chi connectivity index (χ0n) is 13.3. The van der Waals surface area contributed by atoms with E-state index >= 15 is 0 Å². The molecule has 0 radical (unpaired) electrons. The number of para-hydroxylation sites is 1. The number of unbranched alkanes of at least 4 members (excludes halogenated alkanes) is 1. The zero-order chi connectivity index (χ0) is 15.6. The SMILES string of the molecule is CCCCOc1ccc(N=Cc2ccccc2OCC)cc1. The van der Waals surface area contributed by atoms with Crippen molar-refractivity contribution in [3.8, 4) is 11.5 Å². The van der Waals surface area contributed by atoms with E-state index in [9.17, 15) is 0 Å². The maximum absolute atomic E-state index is 5.64. The normalized spacial score (nSPS) is 10.8. The van der Waals surface area contributed by atoms with Gasteiger partial charge in [0.15, 0.2) is 0 Å². The summed E-state index contributed by atoms with van der Waals surface area (Å²) in [7, 11) is 0. The second kappa shape index (κ2) is 8.88. The monoisotopic (exact) mass is 297 g/mol. The van der Waals surface area contributed by atoms with Crippen molar-refractivity contribution in [2.75, 3.05) is 13.2 Å². The van der Waals surface area contributed by atoms with Crippen LogP contribution in [0.5, 0.6) is 11.5 Å². The van der Waals surface area contributed by atoms with E-state index in [-0.39, 0.29) is 0 Å². The van der Waals surface area contributed by atoms with Crippen LogP contribution in [0.2, 0.25) is 0 Å². The van der Waals surface area contributed by atoms with Gasteiger partial charge in [-0.05, 0) is 49.7 Å². The first-order valence-corrected chi connectivity index (χ1v) is 7.82. The van der Waals surface area contributed by atoms with Gasteiger partial charge in [0.1, 0.15) is 11.5 Å². The third-order valence-electron chi connectivity index (χ3n) is 3.17. The summed E-state index contributed by atoms with van der Waals surface area (Å²) in [5.41, 5.74) is 1.88. The van der Waals surface area contributed by atoms with E-state index in [1.165, 1.54) is 0 Å². The first-order chi connectivity index (χ1) is 10.8. The maximum Gasteiger partial charge on any atom is 0.128 e. The zero-order valence-corrected chi connectivity index (χ0v) is 13.3. The molecule has 0 amide bonds. The molecule has 0 N–H and O–H groups in total. The summed E-state index contributed by atoms with van der Waals surface area (Å²) in [4.78, 5) is 4.50. The Hall–Kier alpha value is -2.29. The van der Waals surface area contributed by atoms with E-state index < -0.39 is 0 Å². The summed E-state index contributed by atoms with van der Waals surface area (Å²) in [6.07, 6.45) is 4.05. The van der Waals surface area contributed by atoms with Crippen LogP contribution in [-0.4, -0.2) is 19.4 Å². The molecule has 3 heteroatoms. The van der Waals surface area contributed by atoms with Crippen molar-refractivity contribution in [3.05, 3.63) is 54.1 Å². The molecule has 0 spiro atoms. The van der Waals surface area contributed by atoms with Gasteiger partial charge in [-0.15, -0.1) is 0 Å². The molecule has 3 nitrogen and oxygen atoms in total. The molecule has 0 saturated carbocycles. The van der Waals surface area contributed by atoms with Crippen molar-refractivity contribution < 1.29 is 9.47 Å². The third-order valence-corrected chi connectivity index (χ3v) is 3.17. The summed E-state index contributed by atoms with van der Waals surface area (Å²) in [6, 6.07) is 15.7. The fourth-order valence-corrected chi connectivity index (χ4v) is 1.98. The van der Waals surface area contributed by atoms with Crippen LogP contribution < -0.4 is 9.47 Å². The number of benzene rings is 2. The highest BCUT2D eigenvalue weighted by Crippen LogP contribution is 2.20.